The van der Waals surface area contributed by atoms with Gasteiger partial charge in [0.1, 0.15) is 5.84 Å². The Morgan fingerprint density at radius 1 is 1.14 bits per heavy atom. The number of rotatable bonds is 2. The van der Waals surface area contributed by atoms with Crippen molar-refractivity contribution in [2.45, 2.75) is 12.8 Å². The van der Waals surface area contributed by atoms with Crippen LogP contribution >= 0.6 is 11.6 Å². The molecule has 5 heteroatoms. The van der Waals surface area contributed by atoms with E-state index in [0.29, 0.717) is 10.7 Å². The van der Waals surface area contributed by atoms with Gasteiger partial charge in [-0.15, -0.1) is 0 Å². The number of anilines is 2. The van der Waals surface area contributed by atoms with Crippen molar-refractivity contribution < 1.29 is 4.79 Å². The minimum Gasteiger partial charge on any atom is -0.307 e. The van der Waals surface area contributed by atoms with Gasteiger partial charge >= 0.3 is 6.03 Å². The molecule has 112 valence electrons. The van der Waals surface area contributed by atoms with Crippen molar-refractivity contribution in [2.75, 3.05) is 16.8 Å². The highest BCUT2D eigenvalue weighted by molar-refractivity contribution is 6.31. The molecule has 0 unspecified atom stereocenters. The first kappa shape index (κ1) is 14.6. The summed E-state index contributed by atoms with van der Waals surface area (Å²) in [6.45, 7) is 0.767. The quantitative estimate of drug-likeness (QED) is 0.867. The zero-order chi connectivity index (χ0) is 15.4. The Hall–Kier alpha value is -2.33. The molecule has 3 rings (SSSR count). The molecule has 1 heterocycles. The van der Waals surface area contributed by atoms with Crippen LogP contribution in [-0.2, 0) is 0 Å². The Balaban J connectivity index is 1.87. The average molecular weight is 314 g/mol. The van der Waals surface area contributed by atoms with Crippen LogP contribution in [0, 0.1) is 0 Å². The predicted molar refractivity (Wildman–Crippen MR) is 90.9 cm³/mol. The number of para-hydroxylation sites is 1. The molecule has 2 aromatic rings. The first-order valence-corrected chi connectivity index (χ1v) is 7.57. The summed E-state index contributed by atoms with van der Waals surface area (Å²) in [7, 11) is 0. The molecule has 0 spiro atoms. The van der Waals surface area contributed by atoms with Crippen LogP contribution < -0.4 is 10.2 Å². The second kappa shape index (κ2) is 6.62. The van der Waals surface area contributed by atoms with E-state index in [2.05, 4.69) is 10.3 Å². The molecule has 1 aliphatic rings. The van der Waals surface area contributed by atoms with Crippen molar-refractivity contribution in [1.29, 1.82) is 0 Å². The van der Waals surface area contributed by atoms with E-state index in [1.54, 1.807) is 23.1 Å². The molecule has 1 aliphatic heterocycles. The van der Waals surface area contributed by atoms with Gasteiger partial charge in [-0.3, -0.25) is 9.89 Å². The van der Waals surface area contributed by atoms with Gasteiger partial charge < -0.3 is 5.32 Å². The number of nitrogens with one attached hydrogen (secondary N) is 1. The molecular weight excluding hydrogens is 298 g/mol. The van der Waals surface area contributed by atoms with E-state index >= 15 is 0 Å². The summed E-state index contributed by atoms with van der Waals surface area (Å²) in [5.41, 5.74) is 1.47. The van der Waals surface area contributed by atoms with Crippen LogP contribution in [0.3, 0.4) is 0 Å². The highest BCUT2D eigenvalue weighted by atomic mass is 35.5. The van der Waals surface area contributed by atoms with Crippen LogP contribution in [0.1, 0.15) is 12.8 Å². The summed E-state index contributed by atoms with van der Waals surface area (Å²) >= 11 is 5.96. The third kappa shape index (κ3) is 3.28. The molecular formula is C17H16ClN3O. The minimum atomic E-state index is -0.228. The van der Waals surface area contributed by atoms with E-state index in [9.17, 15) is 4.79 Å². The summed E-state index contributed by atoms with van der Waals surface area (Å²) in [4.78, 5) is 18.8. The Morgan fingerprint density at radius 3 is 2.64 bits per heavy atom. The summed E-state index contributed by atoms with van der Waals surface area (Å²) in [6.07, 6.45) is 1.78. The molecule has 0 aliphatic carbocycles. The van der Waals surface area contributed by atoms with Crippen molar-refractivity contribution in [1.82, 2.24) is 0 Å². The van der Waals surface area contributed by atoms with Gasteiger partial charge in [-0.1, -0.05) is 35.9 Å². The van der Waals surface area contributed by atoms with Gasteiger partial charge in [0, 0.05) is 23.7 Å². The molecule has 2 amide bonds. The van der Waals surface area contributed by atoms with Crippen molar-refractivity contribution in [2.24, 2.45) is 4.99 Å². The number of hydrogen-bond donors (Lipinski definition) is 1. The monoisotopic (exact) mass is 313 g/mol. The third-order valence-corrected chi connectivity index (χ3v) is 3.64. The third-order valence-electron chi connectivity index (χ3n) is 3.40. The van der Waals surface area contributed by atoms with Gasteiger partial charge in [0.15, 0.2) is 0 Å². The second-order valence-corrected chi connectivity index (χ2v) is 5.45. The summed E-state index contributed by atoms with van der Waals surface area (Å²) < 4.78 is 0. The lowest BCUT2D eigenvalue weighted by atomic mass is 10.2. The zero-order valence-corrected chi connectivity index (χ0v) is 12.8. The van der Waals surface area contributed by atoms with Gasteiger partial charge in [0.25, 0.3) is 0 Å². The fourth-order valence-electron chi connectivity index (χ4n) is 2.41. The van der Waals surface area contributed by atoms with Crippen LogP contribution in [0.5, 0.6) is 0 Å². The first-order chi connectivity index (χ1) is 10.7. The zero-order valence-electron chi connectivity index (χ0n) is 12.0. The topological polar surface area (TPSA) is 44.7 Å². The summed E-state index contributed by atoms with van der Waals surface area (Å²) in [5, 5.41) is 3.47. The van der Waals surface area contributed by atoms with E-state index in [-0.39, 0.29) is 6.03 Å². The van der Waals surface area contributed by atoms with Crippen LogP contribution in [0.25, 0.3) is 0 Å². The maximum atomic E-state index is 12.7. The van der Waals surface area contributed by atoms with Crippen LogP contribution in [0.4, 0.5) is 16.2 Å². The molecule has 0 saturated carbocycles. The molecule has 0 fully saturated rings. The number of halogens is 1. The largest absolute Gasteiger partial charge is 0.331 e. The smallest absolute Gasteiger partial charge is 0.307 e. The second-order valence-electron chi connectivity index (χ2n) is 5.01. The lowest BCUT2D eigenvalue weighted by molar-refractivity contribution is 0.259. The first-order valence-electron chi connectivity index (χ1n) is 7.19. The Bertz CT molecular complexity index is 700. The normalized spacial score (nSPS) is 13.6. The van der Waals surface area contributed by atoms with Crippen molar-refractivity contribution in [3.05, 3.63) is 59.6 Å². The Morgan fingerprint density at radius 2 is 1.95 bits per heavy atom. The van der Waals surface area contributed by atoms with Crippen LogP contribution in [0.2, 0.25) is 5.02 Å². The van der Waals surface area contributed by atoms with Gasteiger partial charge in [-0.25, -0.2) is 4.79 Å². The number of aliphatic imine (C=N–C) groups is 1. The summed E-state index contributed by atoms with van der Waals surface area (Å²) in [5.74, 6) is 0.797. The molecule has 0 bridgehead atoms. The Kier molecular flexibility index (Phi) is 4.39. The maximum Gasteiger partial charge on any atom is 0.331 e. The number of amides is 2. The molecule has 2 aromatic carbocycles. The van der Waals surface area contributed by atoms with Gasteiger partial charge in [-0.05, 0) is 36.8 Å². The van der Waals surface area contributed by atoms with E-state index in [0.717, 1.165) is 30.9 Å². The predicted octanol–water partition coefficient (Wildman–Crippen LogP) is 4.57. The number of nitrogens with zero attached hydrogens (tertiary/aromatic N) is 2. The highest BCUT2D eigenvalue weighted by Crippen LogP contribution is 2.21. The number of hydrogen-bond acceptors (Lipinski definition) is 2. The van der Waals surface area contributed by atoms with Gasteiger partial charge in [0.2, 0.25) is 0 Å². The van der Waals surface area contributed by atoms with E-state index in [1.807, 2.05) is 36.4 Å². The van der Waals surface area contributed by atoms with Gasteiger partial charge in [0.05, 0.1) is 5.69 Å². The molecule has 22 heavy (non-hydrogen) atoms. The fraction of sp³-hybridized carbons (Fsp3) is 0.176. The maximum absolute atomic E-state index is 12.7. The van der Waals surface area contributed by atoms with E-state index < -0.39 is 0 Å². The molecule has 4 nitrogen and oxygen atoms in total. The molecule has 0 atom stereocenters. The van der Waals surface area contributed by atoms with Crippen LogP contribution in [-0.4, -0.2) is 18.4 Å². The van der Waals surface area contributed by atoms with Gasteiger partial charge in [-0.2, -0.15) is 0 Å². The minimum absolute atomic E-state index is 0.228. The van der Waals surface area contributed by atoms with E-state index in [4.69, 9.17) is 11.6 Å². The lowest BCUT2D eigenvalue weighted by Crippen LogP contribution is -2.39. The molecule has 0 aromatic heterocycles. The fourth-order valence-corrected chi connectivity index (χ4v) is 2.60. The lowest BCUT2D eigenvalue weighted by Gasteiger charge is -2.23. The van der Waals surface area contributed by atoms with E-state index in [1.165, 1.54) is 0 Å². The Labute approximate surface area is 134 Å². The van der Waals surface area contributed by atoms with Crippen molar-refractivity contribution in [3.63, 3.8) is 0 Å². The molecule has 1 N–H and O–H groups in total. The number of carbonyl (C=O) groups excluding carboxylic acids is 1. The highest BCUT2D eigenvalue weighted by Gasteiger charge is 2.23. The number of benzene rings is 2. The standard InChI is InChI=1S/C17H16ClN3O/c18-13-6-4-7-14(12-13)20-17(22)21(16-10-5-11-19-16)15-8-2-1-3-9-15/h1-4,6-9,12H,5,10-11H2,(H,20,22). The van der Waals surface area contributed by atoms with Crippen molar-refractivity contribution in [3.8, 4) is 0 Å². The number of carbonyl (C=O) groups is 1. The number of urea groups is 1. The van der Waals surface area contributed by atoms with Crippen molar-refractivity contribution >= 4 is 34.8 Å². The summed E-state index contributed by atoms with van der Waals surface area (Å²) in [6, 6.07) is 16.4. The SMILES string of the molecule is O=C(Nc1cccc(Cl)c1)N(C1=NCCC1)c1ccccc1. The average Bonchev–Trinajstić information content (AvgIpc) is 3.02. The molecule has 0 saturated heterocycles. The number of amidine groups is 1. The molecule has 0 radical (unpaired) electrons. The van der Waals surface area contributed by atoms with Crippen LogP contribution in [0.15, 0.2) is 59.6 Å².